The molecule has 0 amide bonds. The van der Waals surface area contributed by atoms with Crippen LogP contribution in [0.15, 0.2) is 72.9 Å². The van der Waals surface area contributed by atoms with E-state index in [9.17, 15) is 19.0 Å². The van der Waals surface area contributed by atoms with Crippen LogP contribution in [0.5, 0.6) is 0 Å². The molecule has 0 radical (unpaired) electrons. The third kappa shape index (κ3) is 41.4. The molecule has 3 unspecified atom stereocenters. The Bertz CT molecular complexity index is 1180. The van der Waals surface area contributed by atoms with Gasteiger partial charge in [0.25, 0.3) is 0 Å². The summed E-state index contributed by atoms with van der Waals surface area (Å²) < 4.78 is 33.3. The van der Waals surface area contributed by atoms with Crippen LogP contribution in [0, 0.1) is 0 Å². The van der Waals surface area contributed by atoms with Crippen LogP contribution in [-0.2, 0) is 32.7 Å². The van der Waals surface area contributed by atoms with E-state index in [1.54, 1.807) is 0 Å². The van der Waals surface area contributed by atoms with Crippen molar-refractivity contribution in [2.45, 2.75) is 180 Å². The number of rotatable bonds is 41. The number of carbonyl (C=O) groups is 2. The second kappa shape index (κ2) is 41.6. The Kier molecular flexibility index (Phi) is 39.7. The molecule has 57 heavy (non-hydrogen) atoms. The summed E-state index contributed by atoms with van der Waals surface area (Å²) in [5.74, 6) is -1.81. The molecular weight excluding hydrogens is 741 g/mol. The smallest absolute Gasteiger partial charge is 0.472 e. The summed E-state index contributed by atoms with van der Waals surface area (Å²) in [6.45, 7) is 3.68. The molecule has 0 bridgehead atoms. The van der Waals surface area contributed by atoms with Crippen molar-refractivity contribution in [2.75, 3.05) is 26.4 Å². The van der Waals surface area contributed by atoms with Gasteiger partial charge >= 0.3 is 19.8 Å². The average molecular weight is 822 g/mol. The van der Waals surface area contributed by atoms with Crippen LogP contribution in [0.4, 0.5) is 0 Å². The third-order valence-electron chi connectivity index (χ3n) is 8.97. The Labute approximate surface area is 346 Å². The van der Waals surface area contributed by atoms with Gasteiger partial charge in [0.1, 0.15) is 12.1 Å². The first kappa shape index (κ1) is 54.4. The quantitative estimate of drug-likeness (QED) is 0.0235. The molecule has 0 saturated heterocycles. The van der Waals surface area contributed by atoms with Gasteiger partial charge in [-0.3, -0.25) is 18.6 Å². The highest BCUT2D eigenvalue weighted by Crippen LogP contribution is 2.43. The first-order valence-corrected chi connectivity index (χ1v) is 23.5. The molecule has 0 fully saturated rings. The minimum Gasteiger partial charge on any atom is -0.480 e. The van der Waals surface area contributed by atoms with Gasteiger partial charge in [-0.2, -0.15) is 0 Å². The van der Waals surface area contributed by atoms with Gasteiger partial charge in [-0.15, -0.1) is 0 Å². The highest BCUT2D eigenvalue weighted by molar-refractivity contribution is 7.47. The number of allylic oxidation sites excluding steroid dienone is 12. The Balaban J connectivity index is 4.28. The molecule has 0 aliphatic heterocycles. The molecule has 11 heteroatoms. The van der Waals surface area contributed by atoms with Crippen molar-refractivity contribution >= 4 is 19.8 Å². The predicted molar refractivity (Wildman–Crippen MR) is 235 cm³/mol. The number of hydrogen-bond donors (Lipinski definition) is 3. The van der Waals surface area contributed by atoms with Gasteiger partial charge < -0.3 is 25.2 Å². The van der Waals surface area contributed by atoms with Crippen molar-refractivity contribution in [3.05, 3.63) is 72.9 Å². The van der Waals surface area contributed by atoms with Crippen LogP contribution in [-0.4, -0.2) is 60.5 Å². The zero-order valence-electron chi connectivity index (χ0n) is 35.7. The molecule has 3 atom stereocenters. The highest BCUT2D eigenvalue weighted by atomic mass is 31.2. The van der Waals surface area contributed by atoms with Crippen LogP contribution in [0.1, 0.15) is 168 Å². The van der Waals surface area contributed by atoms with Crippen LogP contribution < -0.4 is 5.73 Å². The lowest BCUT2D eigenvalue weighted by molar-refractivity contribution is -0.154. The maximum Gasteiger partial charge on any atom is 0.472 e. The van der Waals surface area contributed by atoms with Crippen LogP contribution in [0.25, 0.3) is 0 Å². The first-order valence-electron chi connectivity index (χ1n) is 22.0. The average Bonchev–Trinajstić information content (AvgIpc) is 3.19. The van der Waals surface area contributed by atoms with E-state index in [2.05, 4.69) is 86.8 Å². The molecule has 328 valence electrons. The number of carboxylic acid groups (broad SMARTS) is 1. The van der Waals surface area contributed by atoms with Crippen LogP contribution >= 0.6 is 7.82 Å². The standard InChI is InChI=1S/C46H80NO9P/c1-3-5-7-9-11-13-15-17-19-20-21-22-23-25-27-29-31-33-35-37-39-53-40-43(41-54-57(51,52)55-42-44(47)46(49)50)56-45(48)38-36-34-32-30-28-26-24-18-16-14-12-10-8-6-4-2/h6,8,11-14,17-19,21-22,24,43-44H,3-5,7,9-10,15-16,20,23,25-42,47H2,1-2H3,(H,49,50)(H,51,52)/b8-6-,13-11-,14-12-,19-17-,22-21-,24-18-. The van der Waals surface area contributed by atoms with Crippen molar-refractivity contribution in [3.63, 3.8) is 0 Å². The van der Waals surface area contributed by atoms with Crippen molar-refractivity contribution in [1.82, 2.24) is 0 Å². The summed E-state index contributed by atoms with van der Waals surface area (Å²) in [5.41, 5.74) is 5.35. The summed E-state index contributed by atoms with van der Waals surface area (Å²) in [5, 5.41) is 8.90. The van der Waals surface area contributed by atoms with Crippen molar-refractivity contribution in [1.29, 1.82) is 0 Å². The molecule has 0 saturated carbocycles. The van der Waals surface area contributed by atoms with E-state index in [4.69, 9.17) is 29.4 Å². The van der Waals surface area contributed by atoms with Crippen molar-refractivity contribution in [2.24, 2.45) is 5.73 Å². The molecule has 0 spiro atoms. The van der Waals surface area contributed by atoms with Gasteiger partial charge in [-0.05, 0) is 83.5 Å². The van der Waals surface area contributed by atoms with Gasteiger partial charge in [0.2, 0.25) is 0 Å². The maximum absolute atomic E-state index is 12.6. The van der Waals surface area contributed by atoms with Gasteiger partial charge in [0.15, 0.2) is 0 Å². The van der Waals surface area contributed by atoms with E-state index in [0.717, 1.165) is 89.9 Å². The fourth-order valence-corrected chi connectivity index (χ4v) is 6.34. The monoisotopic (exact) mass is 822 g/mol. The molecule has 0 aliphatic carbocycles. The number of hydrogen-bond acceptors (Lipinski definition) is 8. The number of phosphoric ester groups is 1. The molecule has 0 aliphatic rings. The Morgan fingerprint density at radius 3 is 1.53 bits per heavy atom. The molecule has 0 aromatic carbocycles. The molecule has 4 N–H and O–H groups in total. The molecule has 0 aromatic heterocycles. The molecule has 10 nitrogen and oxygen atoms in total. The van der Waals surface area contributed by atoms with E-state index >= 15 is 0 Å². The Morgan fingerprint density at radius 1 is 0.579 bits per heavy atom. The zero-order valence-corrected chi connectivity index (χ0v) is 36.6. The van der Waals surface area contributed by atoms with Crippen molar-refractivity contribution in [3.8, 4) is 0 Å². The second-order valence-corrected chi connectivity index (χ2v) is 15.9. The lowest BCUT2D eigenvalue weighted by Crippen LogP contribution is -2.34. The minimum atomic E-state index is -4.63. The van der Waals surface area contributed by atoms with Gasteiger partial charge in [0, 0.05) is 13.0 Å². The second-order valence-electron chi connectivity index (χ2n) is 14.4. The summed E-state index contributed by atoms with van der Waals surface area (Å²) in [6, 6.07) is -1.48. The van der Waals surface area contributed by atoms with E-state index in [1.165, 1.54) is 51.4 Å². The highest BCUT2D eigenvalue weighted by Gasteiger charge is 2.27. The zero-order chi connectivity index (χ0) is 41.9. The molecule has 0 rings (SSSR count). The third-order valence-corrected chi connectivity index (χ3v) is 9.92. The van der Waals surface area contributed by atoms with E-state index in [1.807, 2.05) is 0 Å². The Morgan fingerprint density at radius 2 is 1.02 bits per heavy atom. The number of carboxylic acids is 1. The number of nitrogens with two attached hydrogens (primary N) is 1. The summed E-state index contributed by atoms with van der Waals surface area (Å²) in [4.78, 5) is 33.5. The number of ether oxygens (including phenoxy) is 2. The summed E-state index contributed by atoms with van der Waals surface area (Å²) >= 11 is 0. The topological polar surface area (TPSA) is 155 Å². The normalized spacial score (nSPS) is 14.6. The van der Waals surface area contributed by atoms with Crippen molar-refractivity contribution < 1.29 is 42.7 Å². The van der Waals surface area contributed by atoms with Gasteiger partial charge in [0.05, 0.1) is 19.8 Å². The minimum absolute atomic E-state index is 0.000916. The Hall–Kier alpha value is -2.59. The lowest BCUT2D eigenvalue weighted by Gasteiger charge is -2.20. The first-order chi connectivity index (χ1) is 27.7. The number of aliphatic carboxylic acids is 1. The van der Waals surface area contributed by atoms with Crippen LogP contribution in [0.2, 0.25) is 0 Å². The fraction of sp³-hybridized carbons (Fsp3) is 0.696. The largest absolute Gasteiger partial charge is 0.480 e. The van der Waals surface area contributed by atoms with Crippen LogP contribution in [0.3, 0.4) is 0 Å². The maximum atomic E-state index is 12.6. The van der Waals surface area contributed by atoms with E-state index in [0.29, 0.717) is 13.0 Å². The summed E-state index contributed by atoms with van der Waals surface area (Å²) in [7, 11) is -4.63. The number of unbranched alkanes of at least 4 members (excludes halogenated alkanes) is 15. The fourth-order valence-electron chi connectivity index (χ4n) is 5.56. The molecular formula is C46H80NO9P. The SMILES string of the molecule is CC/C=C\C/C=C\C/C=C\CCCCCCCC(=O)OC(COCCCCCCCCC/C=C\C/C=C\C/C=C\CCCCC)COP(=O)(O)OCC(N)C(=O)O. The van der Waals surface area contributed by atoms with E-state index in [-0.39, 0.29) is 13.0 Å². The predicted octanol–water partition coefficient (Wildman–Crippen LogP) is 12.2. The number of carbonyl (C=O) groups excluding carboxylic acids is 1. The van der Waals surface area contributed by atoms with Gasteiger partial charge in [-0.1, -0.05) is 151 Å². The summed E-state index contributed by atoms with van der Waals surface area (Å²) in [6.07, 6.45) is 50.9. The number of phosphoric acid groups is 1. The van der Waals surface area contributed by atoms with Gasteiger partial charge in [-0.25, -0.2) is 4.57 Å². The molecule has 0 heterocycles. The molecule has 0 aromatic rings. The number of esters is 1. The van der Waals surface area contributed by atoms with E-state index < -0.39 is 45.1 Å². The lowest BCUT2D eigenvalue weighted by atomic mass is 10.1.